The zero-order valence-corrected chi connectivity index (χ0v) is 21.3. The molecule has 0 bridgehead atoms. The van der Waals surface area contributed by atoms with Crippen molar-refractivity contribution < 1.29 is 51.3 Å². The lowest BCUT2D eigenvalue weighted by molar-refractivity contribution is -0.192. The van der Waals surface area contributed by atoms with Crippen LogP contribution < -0.4 is 10.1 Å². The van der Waals surface area contributed by atoms with Gasteiger partial charge in [0.25, 0.3) is 5.91 Å². The van der Waals surface area contributed by atoms with Crippen LogP contribution in [0, 0.1) is 25.5 Å². The summed E-state index contributed by atoms with van der Waals surface area (Å²) in [5, 5.41) is 19.2. The maximum atomic E-state index is 14.0. The van der Waals surface area contributed by atoms with Crippen LogP contribution in [0.15, 0.2) is 30.5 Å². The van der Waals surface area contributed by atoms with Crippen molar-refractivity contribution in [1.82, 2.24) is 19.6 Å². The molecule has 0 radical (unpaired) electrons. The Morgan fingerprint density at radius 3 is 2.35 bits per heavy atom. The summed E-state index contributed by atoms with van der Waals surface area (Å²) in [7, 11) is 0. The van der Waals surface area contributed by atoms with Gasteiger partial charge in [-0.15, -0.1) is 0 Å². The Kier molecular flexibility index (Phi) is 9.17. The largest absolute Gasteiger partial charge is 0.490 e. The lowest BCUT2D eigenvalue weighted by Gasteiger charge is -2.21. The third-order valence-corrected chi connectivity index (χ3v) is 6.01. The van der Waals surface area contributed by atoms with E-state index in [1.54, 1.807) is 30.5 Å². The smallest absolute Gasteiger partial charge is 0.485 e. The number of halogens is 5. The number of hydrogen-bond donors (Lipinski definition) is 3. The number of amides is 2. The van der Waals surface area contributed by atoms with E-state index in [4.69, 9.17) is 14.6 Å². The Hall–Kier alpha value is -4.43. The predicted molar refractivity (Wildman–Crippen MR) is 129 cm³/mol. The van der Waals surface area contributed by atoms with Gasteiger partial charge in [0.1, 0.15) is 23.9 Å². The molecule has 3 aromatic rings. The van der Waals surface area contributed by atoms with Gasteiger partial charge < -0.3 is 25.2 Å². The number of carbonyl (C=O) groups excluding carboxylic acids is 1. The van der Waals surface area contributed by atoms with Crippen LogP contribution in [0.1, 0.15) is 40.2 Å². The third kappa shape index (κ3) is 6.95. The molecule has 1 aromatic carbocycles. The number of carbonyl (C=O) groups is 3. The summed E-state index contributed by atoms with van der Waals surface area (Å²) in [6.07, 6.45) is -2.92. The number of ether oxygens (including phenoxy) is 1. The minimum atomic E-state index is -5.08. The van der Waals surface area contributed by atoms with Gasteiger partial charge in [-0.2, -0.15) is 13.2 Å². The molecule has 1 atom stereocenters. The van der Waals surface area contributed by atoms with E-state index in [0.717, 1.165) is 24.1 Å². The molecular weight excluding hydrogens is 547 g/mol. The molecule has 0 unspecified atom stereocenters. The molecule has 3 heterocycles. The number of benzene rings is 1. The minimum Gasteiger partial charge on any atom is -0.485 e. The Morgan fingerprint density at radius 2 is 1.77 bits per heavy atom. The average Bonchev–Trinajstić information content (AvgIpc) is 3.46. The lowest BCUT2D eigenvalue weighted by atomic mass is 10.2. The molecule has 216 valence electrons. The molecule has 0 saturated carbocycles. The number of nitrogens with zero attached hydrogens (tertiary/aromatic N) is 3. The number of pyridine rings is 1. The van der Waals surface area contributed by atoms with Crippen LogP contribution in [0.25, 0.3) is 5.65 Å². The fourth-order valence-corrected chi connectivity index (χ4v) is 4.15. The summed E-state index contributed by atoms with van der Waals surface area (Å²) >= 11 is 0. The van der Waals surface area contributed by atoms with E-state index in [1.807, 2.05) is 0 Å². The number of aliphatic carboxylic acids is 1. The van der Waals surface area contributed by atoms with Crippen molar-refractivity contribution in [2.75, 3.05) is 13.1 Å². The van der Waals surface area contributed by atoms with Crippen LogP contribution in [0.3, 0.4) is 0 Å². The molecule has 0 aliphatic carbocycles. The van der Waals surface area contributed by atoms with Gasteiger partial charge in [-0.3, -0.25) is 9.20 Å². The van der Waals surface area contributed by atoms with Crippen molar-refractivity contribution in [3.63, 3.8) is 0 Å². The molecule has 10 nitrogen and oxygen atoms in total. The number of aryl methyl sites for hydroxylation is 2. The first kappa shape index (κ1) is 30.1. The number of nitrogens with one attached hydrogen (secondary N) is 1. The number of aromatic nitrogens is 2. The first-order valence-electron chi connectivity index (χ1n) is 11.8. The van der Waals surface area contributed by atoms with Crippen LogP contribution in [0.4, 0.5) is 26.7 Å². The molecule has 1 aliphatic rings. The number of imidazole rings is 1. The first-order valence-corrected chi connectivity index (χ1v) is 11.8. The van der Waals surface area contributed by atoms with E-state index in [2.05, 4.69) is 10.3 Å². The van der Waals surface area contributed by atoms with Gasteiger partial charge in [-0.1, -0.05) is 6.07 Å². The first-order chi connectivity index (χ1) is 18.7. The fourth-order valence-electron chi connectivity index (χ4n) is 4.15. The summed E-state index contributed by atoms with van der Waals surface area (Å²) < 4.78 is 67.0. The number of carboxylic acids is 1. The van der Waals surface area contributed by atoms with Crippen LogP contribution in [0.2, 0.25) is 0 Å². The second-order valence-corrected chi connectivity index (χ2v) is 8.89. The maximum Gasteiger partial charge on any atom is 0.490 e. The lowest BCUT2D eigenvalue weighted by Crippen LogP contribution is -2.42. The molecule has 1 aliphatic heterocycles. The van der Waals surface area contributed by atoms with Gasteiger partial charge in [0.05, 0.1) is 17.3 Å². The van der Waals surface area contributed by atoms with Gasteiger partial charge in [-0.05, 0) is 50.5 Å². The normalized spacial score (nSPS) is 15.0. The highest BCUT2D eigenvalue weighted by Crippen LogP contribution is 2.26. The Bertz CT molecular complexity index is 1400. The molecular formula is C25H25F5N4O6. The van der Waals surface area contributed by atoms with Gasteiger partial charge in [-0.25, -0.2) is 23.4 Å². The summed E-state index contributed by atoms with van der Waals surface area (Å²) in [5.41, 5.74) is 1.63. The van der Waals surface area contributed by atoms with E-state index < -0.39 is 35.8 Å². The van der Waals surface area contributed by atoms with E-state index >= 15 is 0 Å². The zero-order chi connectivity index (χ0) is 29.8. The Labute approximate surface area is 224 Å². The van der Waals surface area contributed by atoms with Crippen molar-refractivity contribution in [3.05, 3.63) is 64.6 Å². The van der Waals surface area contributed by atoms with Crippen LogP contribution >= 0.6 is 0 Å². The second-order valence-electron chi connectivity index (χ2n) is 8.89. The van der Waals surface area contributed by atoms with Gasteiger partial charge in [0.2, 0.25) is 0 Å². The maximum absolute atomic E-state index is 14.0. The van der Waals surface area contributed by atoms with E-state index in [1.165, 1.54) is 11.0 Å². The Balaban J connectivity index is 0.000000559. The third-order valence-electron chi connectivity index (χ3n) is 6.01. The van der Waals surface area contributed by atoms with Crippen molar-refractivity contribution in [3.8, 4) is 5.75 Å². The summed E-state index contributed by atoms with van der Waals surface area (Å²) in [6, 6.07) is 5.01. The van der Waals surface area contributed by atoms with Crippen molar-refractivity contribution in [1.29, 1.82) is 0 Å². The molecule has 2 amide bonds. The number of carboxylic acid groups (broad SMARTS) is 2. The molecule has 1 fully saturated rings. The van der Waals surface area contributed by atoms with Gasteiger partial charge >= 0.3 is 18.2 Å². The average molecular weight is 572 g/mol. The second kappa shape index (κ2) is 12.2. The van der Waals surface area contributed by atoms with Crippen molar-refractivity contribution in [2.24, 2.45) is 0 Å². The zero-order valence-electron chi connectivity index (χ0n) is 21.3. The topological polar surface area (TPSA) is 133 Å². The van der Waals surface area contributed by atoms with Crippen molar-refractivity contribution >= 4 is 23.6 Å². The van der Waals surface area contributed by atoms with Crippen LogP contribution in [-0.4, -0.2) is 67.8 Å². The number of fused-ring (bicyclic) bond motifs is 1. The van der Waals surface area contributed by atoms with E-state index in [9.17, 15) is 36.6 Å². The molecule has 1 saturated heterocycles. The number of likely N-dealkylation sites (tertiary alicyclic amines) is 1. The predicted octanol–water partition coefficient (Wildman–Crippen LogP) is 4.31. The SMILES string of the molecule is Cc1cc(OCc2c(F)cccc2F)c2nc(C)c(C(=O)NC[C@@H]3CCCN3C(=O)O)n2c1.O=C(O)C(F)(F)F. The van der Waals surface area contributed by atoms with E-state index in [0.29, 0.717) is 24.3 Å². The number of hydrogen-bond acceptors (Lipinski definition) is 5. The fraction of sp³-hybridized carbons (Fsp3) is 0.360. The monoisotopic (exact) mass is 572 g/mol. The highest BCUT2D eigenvalue weighted by atomic mass is 19.4. The van der Waals surface area contributed by atoms with Gasteiger partial charge in [0, 0.05) is 19.3 Å². The molecule has 4 rings (SSSR count). The molecule has 40 heavy (non-hydrogen) atoms. The molecule has 15 heteroatoms. The molecule has 0 spiro atoms. The van der Waals surface area contributed by atoms with Crippen LogP contribution in [0.5, 0.6) is 5.75 Å². The molecule has 3 N–H and O–H groups in total. The quantitative estimate of drug-likeness (QED) is 0.375. The van der Waals surface area contributed by atoms with Gasteiger partial charge in [0.15, 0.2) is 11.4 Å². The highest BCUT2D eigenvalue weighted by Gasteiger charge is 2.38. The molecule has 2 aromatic heterocycles. The standard InChI is InChI=1S/C23H24F2N4O4.C2HF3O2/c1-13-9-19(33-12-16-17(24)6-3-7-18(16)25)21-27-14(2)20(29(21)11-13)22(30)26-10-15-5-4-8-28(15)23(31)32;3-2(4,5)1(6)7/h3,6-7,9,11,15H,4-5,8,10,12H2,1-2H3,(H,26,30)(H,31,32);(H,6,7)/t15-;/m0./s1. The summed E-state index contributed by atoms with van der Waals surface area (Å²) in [6.45, 7) is 3.79. The Morgan fingerprint density at radius 1 is 1.15 bits per heavy atom. The highest BCUT2D eigenvalue weighted by molar-refractivity contribution is 5.95. The minimum absolute atomic E-state index is 0.194. The number of rotatable bonds is 6. The van der Waals surface area contributed by atoms with E-state index in [-0.39, 0.29) is 36.2 Å². The number of alkyl halides is 3. The van der Waals surface area contributed by atoms with Crippen molar-refractivity contribution in [2.45, 2.75) is 45.5 Å². The summed E-state index contributed by atoms with van der Waals surface area (Å²) in [4.78, 5) is 39.0. The summed E-state index contributed by atoms with van der Waals surface area (Å²) in [5.74, 6) is -4.28. The van der Waals surface area contributed by atoms with Crippen LogP contribution in [-0.2, 0) is 11.4 Å².